The van der Waals surface area contributed by atoms with Crippen LogP contribution in [0.15, 0.2) is 6.08 Å². The van der Waals surface area contributed by atoms with Crippen molar-refractivity contribution in [3.05, 3.63) is 22.5 Å². The molecule has 1 aliphatic carbocycles. The van der Waals surface area contributed by atoms with E-state index < -0.39 is 0 Å². The van der Waals surface area contributed by atoms with E-state index in [0.29, 0.717) is 5.15 Å². The van der Waals surface area contributed by atoms with E-state index in [4.69, 9.17) is 11.6 Å². The van der Waals surface area contributed by atoms with Crippen LogP contribution in [0.5, 0.6) is 0 Å². The van der Waals surface area contributed by atoms with Crippen LogP contribution < -0.4 is 5.32 Å². The first-order valence-corrected chi connectivity index (χ1v) is 7.19. The standard InChI is InChI=1S/C14H20ClN3O2/c1-9-11(14(15)18(2)17-9)6-7-13(20)16-12-5-3-4-10(12)8-19/h6-7,10,12,19H,3-5,8H2,1-2H3,(H,16,20)/b7-6+. The molecule has 1 saturated carbocycles. The maximum Gasteiger partial charge on any atom is 0.244 e. The molecule has 0 aromatic carbocycles. The number of carbonyl (C=O) groups excluding carboxylic acids is 1. The zero-order valence-corrected chi connectivity index (χ0v) is 12.5. The minimum atomic E-state index is -0.158. The van der Waals surface area contributed by atoms with Gasteiger partial charge in [0.25, 0.3) is 0 Å². The molecule has 1 amide bonds. The lowest BCUT2D eigenvalue weighted by Crippen LogP contribution is -2.37. The molecule has 110 valence electrons. The Balaban J connectivity index is 1.99. The molecule has 0 aliphatic heterocycles. The number of hydrogen-bond acceptors (Lipinski definition) is 3. The Kier molecular flexibility index (Phi) is 4.83. The molecule has 5 nitrogen and oxygen atoms in total. The molecule has 2 rings (SSSR count). The first-order chi connectivity index (χ1) is 9.52. The van der Waals surface area contributed by atoms with Crippen LogP contribution in [0.25, 0.3) is 6.08 Å². The van der Waals surface area contributed by atoms with E-state index in [9.17, 15) is 9.90 Å². The number of nitrogens with one attached hydrogen (secondary N) is 1. The number of carbonyl (C=O) groups is 1. The summed E-state index contributed by atoms with van der Waals surface area (Å²) >= 11 is 6.10. The van der Waals surface area contributed by atoms with Crippen LogP contribution in [0.3, 0.4) is 0 Å². The third kappa shape index (κ3) is 3.22. The highest BCUT2D eigenvalue weighted by Gasteiger charge is 2.27. The highest BCUT2D eigenvalue weighted by atomic mass is 35.5. The number of aryl methyl sites for hydroxylation is 2. The molecule has 0 saturated heterocycles. The van der Waals surface area contributed by atoms with Gasteiger partial charge in [0.05, 0.1) is 5.69 Å². The lowest BCUT2D eigenvalue weighted by atomic mass is 10.1. The van der Waals surface area contributed by atoms with E-state index in [2.05, 4.69) is 10.4 Å². The summed E-state index contributed by atoms with van der Waals surface area (Å²) in [5.74, 6) is 0.0192. The smallest absolute Gasteiger partial charge is 0.244 e. The van der Waals surface area contributed by atoms with Gasteiger partial charge in [-0.05, 0) is 25.8 Å². The monoisotopic (exact) mass is 297 g/mol. The van der Waals surface area contributed by atoms with E-state index in [1.54, 1.807) is 17.8 Å². The number of rotatable bonds is 4. The summed E-state index contributed by atoms with van der Waals surface area (Å²) in [6.07, 6.45) is 6.11. The average molecular weight is 298 g/mol. The molecule has 0 bridgehead atoms. The zero-order valence-electron chi connectivity index (χ0n) is 11.8. The van der Waals surface area contributed by atoms with Crippen molar-refractivity contribution in [3.8, 4) is 0 Å². The van der Waals surface area contributed by atoms with Gasteiger partial charge in [0, 0.05) is 37.3 Å². The fraction of sp³-hybridized carbons (Fsp3) is 0.571. The third-order valence-electron chi connectivity index (χ3n) is 3.82. The van der Waals surface area contributed by atoms with Gasteiger partial charge in [-0.2, -0.15) is 5.10 Å². The minimum absolute atomic E-state index is 0.0719. The van der Waals surface area contributed by atoms with Crippen LogP contribution in [-0.4, -0.2) is 33.4 Å². The topological polar surface area (TPSA) is 67.2 Å². The lowest BCUT2D eigenvalue weighted by Gasteiger charge is -2.17. The van der Waals surface area contributed by atoms with Crippen LogP contribution >= 0.6 is 11.6 Å². The first-order valence-electron chi connectivity index (χ1n) is 6.81. The Morgan fingerprint density at radius 2 is 2.35 bits per heavy atom. The lowest BCUT2D eigenvalue weighted by molar-refractivity contribution is -0.117. The highest BCUT2D eigenvalue weighted by Crippen LogP contribution is 2.25. The van der Waals surface area contributed by atoms with Crippen molar-refractivity contribution in [2.45, 2.75) is 32.2 Å². The van der Waals surface area contributed by atoms with Gasteiger partial charge < -0.3 is 10.4 Å². The quantitative estimate of drug-likeness (QED) is 0.831. The molecular formula is C14H20ClN3O2. The second kappa shape index (κ2) is 6.41. The fourth-order valence-electron chi connectivity index (χ4n) is 2.67. The molecule has 1 aliphatic rings. The number of hydrogen-bond donors (Lipinski definition) is 2. The van der Waals surface area contributed by atoms with Crippen molar-refractivity contribution < 1.29 is 9.90 Å². The van der Waals surface area contributed by atoms with Crippen molar-refractivity contribution >= 4 is 23.6 Å². The molecule has 20 heavy (non-hydrogen) atoms. The molecule has 1 aromatic rings. The van der Waals surface area contributed by atoms with Crippen molar-refractivity contribution in [1.82, 2.24) is 15.1 Å². The molecule has 2 unspecified atom stereocenters. The Bertz CT molecular complexity index is 525. The number of nitrogens with zero attached hydrogens (tertiary/aromatic N) is 2. The molecular weight excluding hydrogens is 278 g/mol. The molecule has 0 radical (unpaired) electrons. The van der Waals surface area contributed by atoms with Crippen LogP contribution in [0.4, 0.5) is 0 Å². The predicted octanol–water partition coefficient (Wildman–Crippen LogP) is 1.67. The Morgan fingerprint density at radius 1 is 1.60 bits per heavy atom. The molecule has 0 spiro atoms. The number of amides is 1. The summed E-state index contributed by atoms with van der Waals surface area (Å²) in [5.41, 5.74) is 1.55. The Hall–Kier alpha value is -1.33. The maximum absolute atomic E-state index is 11.9. The van der Waals surface area contributed by atoms with Gasteiger partial charge in [0.15, 0.2) is 0 Å². The summed E-state index contributed by atoms with van der Waals surface area (Å²) in [4.78, 5) is 11.9. The van der Waals surface area contributed by atoms with Gasteiger partial charge in [-0.15, -0.1) is 0 Å². The molecule has 2 atom stereocenters. The van der Waals surface area contributed by atoms with E-state index in [-0.39, 0.29) is 24.5 Å². The largest absolute Gasteiger partial charge is 0.396 e. The summed E-state index contributed by atoms with van der Waals surface area (Å²) in [5, 5.41) is 16.9. The van der Waals surface area contributed by atoms with Gasteiger partial charge in [0.1, 0.15) is 5.15 Å². The summed E-state index contributed by atoms with van der Waals surface area (Å²) in [7, 11) is 1.76. The van der Waals surface area contributed by atoms with E-state index in [1.165, 1.54) is 6.08 Å². The van der Waals surface area contributed by atoms with Crippen molar-refractivity contribution in [2.24, 2.45) is 13.0 Å². The van der Waals surface area contributed by atoms with Gasteiger partial charge >= 0.3 is 0 Å². The van der Waals surface area contributed by atoms with E-state index >= 15 is 0 Å². The van der Waals surface area contributed by atoms with Crippen molar-refractivity contribution in [1.29, 1.82) is 0 Å². The van der Waals surface area contributed by atoms with Crippen LogP contribution in [0.2, 0.25) is 5.15 Å². The van der Waals surface area contributed by atoms with Gasteiger partial charge in [-0.1, -0.05) is 18.0 Å². The summed E-state index contributed by atoms with van der Waals surface area (Å²) in [6, 6.07) is 0.0719. The van der Waals surface area contributed by atoms with Crippen LogP contribution in [0, 0.1) is 12.8 Å². The first kappa shape index (κ1) is 15.1. The highest BCUT2D eigenvalue weighted by molar-refractivity contribution is 6.31. The molecule has 1 heterocycles. The summed E-state index contributed by atoms with van der Waals surface area (Å²) in [6.45, 7) is 1.98. The predicted molar refractivity (Wildman–Crippen MR) is 78.3 cm³/mol. The fourth-order valence-corrected chi connectivity index (χ4v) is 2.91. The molecule has 2 N–H and O–H groups in total. The van der Waals surface area contributed by atoms with Crippen molar-refractivity contribution in [2.75, 3.05) is 6.61 Å². The van der Waals surface area contributed by atoms with Crippen LogP contribution in [-0.2, 0) is 11.8 Å². The zero-order chi connectivity index (χ0) is 14.7. The Labute approximate surface area is 123 Å². The number of aromatic nitrogens is 2. The van der Waals surface area contributed by atoms with Gasteiger partial charge in [-0.3, -0.25) is 9.48 Å². The number of halogens is 1. The molecule has 6 heteroatoms. The van der Waals surface area contributed by atoms with Gasteiger partial charge in [0.2, 0.25) is 5.91 Å². The van der Waals surface area contributed by atoms with E-state index in [1.807, 2.05) is 6.92 Å². The second-order valence-corrected chi connectivity index (χ2v) is 5.59. The Morgan fingerprint density at radius 3 is 2.95 bits per heavy atom. The van der Waals surface area contributed by atoms with E-state index in [0.717, 1.165) is 30.5 Å². The SMILES string of the molecule is Cc1nn(C)c(Cl)c1/C=C/C(=O)NC1CCCC1CO. The third-order valence-corrected chi connectivity index (χ3v) is 4.27. The number of aliphatic hydroxyl groups excluding tert-OH is 1. The minimum Gasteiger partial charge on any atom is -0.396 e. The van der Waals surface area contributed by atoms with Crippen LogP contribution in [0.1, 0.15) is 30.5 Å². The molecule has 1 aromatic heterocycles. The second-order valence-electron chi connectivity index (χ2n) is 5.24. The molecule has 1 fully saturated rings. The average Bonchev–Trinajstić information content (AvgIpc) is 2.94. The normalized spacial score (nSPS) is 22.6. The maximum atomic E-state index is 11.9. The van der Waals surface area contributed by atoms with Gasteiger partial charge in [-0.25, -0.2) is 0 Å². The van der Waals surface area contributed by atoms with Crippen molar-refractivity contribution in [3.63, 3.8) is 0 Å². The summed E-state index contributed by atoms with van der Waals surface area (Å²) < 4.78 is 1.58. The number of aliphatic hydroxyl groups is 1.